The number of carbonyl (C=O) groups excluding carboxylic acids is 1. The Morgan fingerprint density at radius 1 is 1.14 bits per heavy atom. The number of anilines is 1. The minimum Gasteiger partial charge on any atom is -0.355 e. The molecule has 0 aliphatic carbocycles. The predicted octanol–water partition coefficient (Wildman–Crippen LogP) is 2.79. The first-order valence-electron chi connectivity index (χ1n) is 10.4. The number of nitrogens with one attached hydrogen (secondary N) is 1. The van der Waals surface area contributed by atoms with Gasteiger partial charge in [-0.1, -0.05) is 30.3 Å². The molecule has 0 unspecified atom stereocenters. The lowest BCUT2D eigenvalue weighted by Crippen LogP contribution is -2.43. The highest BCUT2D eigenvalue weighted by Gasteiger charge is 2.26. The molecule has 3 heterocycles. The van der Waals surface area contributed by atoms with Gasteiger partial charge in [0.05, 0.1) is 0 Å². The minimum absolute atomic E-state index is 0.0748. The van der Waals surface area contributed by atoms with Gasteiger partial charge in [-0.05, 0) is 57.2 Å². The molecule has 1 aliphatic rings. The fourth-order valence-corrected chi connectivity index (χ4v) is 3.89. The zero-order chi connectivity index (χ0) is 20.2. The number of hydrogen-bond donors (Lipinski definition) is 1. The van der Waals surface area contributed by atoms with Crippen LogP contribution in [0.1, 0.15) is 37.6 Å². The average Bonchev–Trinajstić information content (AvgIpc) is 3.13. The topological polar surface area (TPSA) is 75.4 Å². The van der Waals surface area contributed by atoms with Crippen molar-refractivity contribution < 1.29 is 4.79 Å². The van der Waals surface area contributed by atoms with Gasteiger partial charge >= 0.3 is 0 Å². The van der Waals surface area contributed by atoms with Crippen LogP contribution in [0.2, 0.25) is 0 Å². The zero-order valence-corrected chi connectivity index (χ0v) is 17.1. The molecule has 1 N–H and O–H groups in total. The molecule has 7 nitrogen and oxygen atoms in total. The van der Waals surface area contributed by atoms with Crippen LogP contribution in [0.15, 0.2) is 42.5 Å². The van der Waals surface area contributed by atoms with Crippen LogP contribution in [0.25, 0.3) is 5.65 Å². The number of benzene rings is 1. The Morgan fingerprint density at radius 3 is 2.66 bits per heavy atom. The number of nitrogens with zero attached hydrogens (tertiary/aromatic N) is 5. The largest absolute Gasteiger partial charge is 0.355 e. The van der Waals surface area contributed by atoms with Crippen molar-refractivity contribution >= 4 is 17.4 Å². The van der Waals surface area contributed by atoms with Crippen LogP contribution < -0.4 is 10.2 Å². The Balaban J connectivity index is 1.27. The van der Waals surface area contributed by atoms with E-state index in [2.05, 4.69) is 56.7 Å². The third-order valence-electron chi connectivity index (χ3n) is 5.69. The highest BCUT2D eigenvalue weighted by atomic mass is 16.1. The first-order chi connectivity index (χ1) is 14.1. The molecule has 4 rings (SSSR count). The Morgan fingerprint density at radius 2 is 1.90 bits per heavy atom. The Kier molecular flexibility index (Phi) is 5.74. The highest BCUT2D eigenvalue weighted by Crippen LogP contribution is 2.22. The van der Waals surface area contributed by atoms with Gasteiger partial charge in [-0.15, -0.1) is 15.3 Å². The van der Waals surface area contributed by atoms with Gasteiger partial charge < -0.3 is 10.2 Å². The average molecular weight is 393 g/mol. The first kappa shape index (κ1) is 19.4. The summed E-state index contributed by atoms with van der Waals surface area (Å²) in [5.74, 6) is 1.95. The SMILES string of the molecule is Cc1nnc2ccc(N3CCC(C(=O)N[C@H](C)CCc4ccccc4)CC3)nn12. The summed E-state index contributed by atoms with van der Waals surface area (Å²) in [7, 11) is 0. The molecular weight excluding hydrogens is 364 g/mol. The molecule has 29 heavy (non-hydrogen) atoms. The molecule has 1 aromatic carbocycles. The van der Waals surface area contributed by atoms with E-state index in [9.17, 15) is 4.79 Å². The summed E-state index contributed by atoms with van der Waals surface area (Å²) in [6.45, 7) is 5.65. The van der Waals surface area contributed by atoms with Crippen molar-refractivity contribution in [1.82, 2.24) is 25.1 Å². The Bertz CT molecular complexity index is 962. The van der Waals surface area contributed by atoms with Crippen LogP contribution in [-0.4, -0.2) is 44.8 Å². The number of aryl methyl sites for hydroxylation is 2. The molecule has 152 valence electrons. The van der Waals surface area contributed by atoms with E-state index >= 15 is 0 Å². The smallest absolute Gasteiger partial charge is 0.223 e. The molecule has 1 saturated heterocycles. The van der Waals surface area contributed by atoms with Gasteiger partial charge in [0.1, 0.15) is 5.82 Å². The standard InChI is InChI=1S/C22H28N6O/c1-16(8-9-18-6-4-3-5-7-18)23-22(29)19-12-14-27(15-13-19)21-11-10-20-25-24-17(2)28(20)26-21/h3-7,10-11,16,19H,8-9,12-15H2,1-2H3,(H,23,29)/t16-/m1/s1. The summed E-state index contributed by atoms with van der Waals surface area (Å²) in [6, 6.07) is 14.5. The van der Waals surface area contributed by atoms with E-state index in [-0.39, 0.29) is 17.9 Å². The lowest BCUT2D eigenvalue weighted by Gasteiger charge is -2.32. The van der Waals surface area contributed by atoms with Crippen LogP contribution in [0.3, 0.4) is 0 Å². The van der Waals surface area contributed by atoms with E-state index in [0.29, 0.717) is 0 Å². The number of aromatic nitrogens is 4. The molecule has 1 atom stereocenters. The Hall–Kier alpha value is -2.96. The van der Waals surface area contributed by atoms with Crippen molar-refractivity contribution in [3.05, 3.63) is 53.9 Å². The second kappa shape index (κ2) is 8.59. The summed E-state index contributed by atoms with van der Waals surface area (Å²) in [5.41, 5.74) is 2.07. The molecule has 2 aromatic heterocycles. The fraction of sp³-hybridized carbons (Fsp3) is 0.455. The monoisotopic (exact) mass is 392 g/mol. The maximum absolute atomic E-state index is 12.7. The summed E-state index contributed by atoms with van der Waals surface area (Å²) >= 11 is 0. The van der Waals surface area contributed by atoms with E-state index in [4.69, 9.17) is 0 Å². The van der Waals surface area contributed by atoms with Gasteiger partial charge in [0.25, 0.3) is 0 Å². The quantitative estimate of drug-likeness (QED) is 0.698. The van der Waals surface area contributed by atoms with E-state index in [1.54, 1.807) is 4.52 Å². The van der Waals surface area contributed by atoms with Gasteiger partial charge in [0.2, 0.25) is 5.91 Å². The van der Waals surface area contributed by atoms with Gasteiger partial charge in [-0.2, -0.15) is 4.52 Å². The van der Waals surface area contributed by atoms with Crippen molar-refractivity contribution in [3.8, 4) is 0 Å². The molecule has 0 bridgehead atoms. The molecule has 1 amide bonds. The predicted molar refractivity (Wildman–Crippen MR) is 113 cm³/mol. The number of amides is 1. The summed E-state index contributed by atoms with van der Waals surface area (Å²) in [4.78, 5) is 14.9. The summed E-state index contributed by atoms with van der Waals surface area (Å²) in [5, 5.41) is 16.0. The van der Waals surface area contributed by atoms with Gasteiger partial charge in [0, 0.05) is 25.0 Å². The third kappa shape index (κ3) is 4.55. The first-order valence-corrected chi connectivity index (χ1v) is 10.4. The molecule has 0 spiro atoms. The van der Waals surface area contributed by atoms with Gasteiger partial charge in [-0.3, -0.25) is 4.79 Å². The lowest BCUT2D eigenvalue weighted by atomic mass is 9.95. The molecule has 1 fully saturated rings. The number of carbonyl (C=O) groups is 1. The normalized spacial score (nSPS) is 16.1. The van der Waals surface area contributed by atoms with Gasteiger partial charge in [-0.25, -0.2) is 0 Å². The lowest BCUT2D eigenvalue weighted by molar-refractivity contribution is -0.126. The van der Waals surface area contributed by atoms with E-state index in [1.165, 1.54) is 5.56 Å². The molecule has 0 saturated carbocycles. The molecule has 0 radical (unpaired) electrons. The van der Waals surface area contributed by atoms with Gasteiger partial charge in [0.15, 0.2) is 11.5 Å². The third-order valence-corrected chi connectivity index (χ3v) is 5.69. The number of rotatable bonds is 6. The molecular formula is C22H28N6O. The van der Waals surface area contributed by atoms with Crippen LogP contribution in [0, 0.1) is 12.8 Å². The van der Waals surface area contributed by atoms with E-state index in [1.807, 2.05) is 25.1 Å². The van der Waals surface area contributed by atoms with Crippen molar-refractivity contribution in [2.24, 2.45) is 5.92 Å². The van der Waals surface area contributed by atoms with E-state index in [0.717, 1.165) is 56.1 Å². The van der Waals surface area contributed by atoms with Crippen LogP contribution in [0.5, 0.6) is 0 Å². The number of piperidine rings is 1. The second-order valence-corrected chi connectivity index (χ2v) is 7.90. The minimum atomic E-state index is 0.0748. The van der Waals surface area contributed by atoms with Crippen molar-refractivity contribution in [1.29, 1.82) is 0 Å². The maximum Gasteiger partial charge on any atom is 0.223 e. The number of hydrogen-bond acceptors (Lipinski definition) is 5. The fourth-order valence-electron chi connectivity index (χ4n) is 3.89. The van der Waals surface area contributed by atoms with E-state index < -0.39 is 0 Å². The van der Waals surface area contributed by atoms with Crippen LogP contribution in [0.4, 0.5) is 5.82 Å². The molecule has 3 aromatic rings. The second-order valence-electron chi connectivity index (χ2n) is 7.90. The summed E-state index contributed by atoms with van der Waals surface area (Å²) in [6.07, 6.45) is 3.63. The Labute approximate surface area is 171 Å². The number of fused-ring (bicyclic) bond motifs is 1. The zero-order valence-electron chi connectivity index (χ0n) is 17.1. The molecule has 7 heteroatoms. The summed E-state index contributed by atoms with van der Waals surface area (Å²) < 4.78 is 1.77. The highest BCUT2D eigenvalue weighted by molar-refractivity contribution is 5.79. The van der Waals surface area contributed by atoms with Crippen molar-refractivity contribution in [3.63, 3.8) is 0 Å². The van der Waals surface area contributed by atoms with Crippen molar-refractivity contribution in [2.45, 2.75) is 45.6 Å². The van der Waals surface area contributed by atoms with Crippen LogP contribution in [-0.2, 0) is 11.2 Å². The van der Waals surface area contributed by atoms with Crippen LogP contribution >= 0.6 is 0 Å². The molecule has 1 aliphatic heterocycles. The van der Waals surface area contributed by atoms with Crippen molar-refractivity contribution in [2.75, 3.05) is 18.0 Å². The maximum atomic E-state index is 12.7.